The van der Waals surface area contributed by atoms with Gasteiger partial charge in [-0.15, -0.1) is 0 Å². The Morgan fingerprint density at radius 3 is 1.19 bits per heavy atom. The van der Waals surface area contributed by atoms with Crippen LogP contribution in [-0.4, -0.2) is 161 Å². The van der Waals surface area contributed by atoms with Gasteiger partial charge in [-0.25, -0.2) is 16.8 Å². The second kappa shape index (κ2) is 24.5. The maximum atomic E-state index is 13.1. The third-order valence-corrected chi connectivity index (χ3v) is 15.2. The van der Waals surface area contributed by atoms with Crippen LogP contribution in [0.15, 0.2) is 60.7 Å². The molecule has 4 amide bonds. The molecule has 6 rings (SSSR count). The van der Waals surface area contributed by atoms with Crippen LogP contribution < -0.4 is 22.1 Å². The van der Waals surface area contributed by atoms with Crippen LogP contribution in [0.25, 0.3) is 0 Å². The molecule has 0 bridgehead atoms. The second-order valence-corrected chi connectivity index (χ2v) is 22.8. The fourth-order valence-electron chi connectivity index (χ4n) is 9.69. The largest absolute Gasteiger partial charge is 0.368 e. The zero-order chi connectivity index (χ0) is 46.3. The van der Waals surface area contributed by atoms with Crippen molar-refractivity contribution in [1.29, 1.82) is 0 Å². The Bertz CT molecular complexity index is 1880. The van der Waals surface area contributed by atoms with Gasteiger partial charge in [-0.3, -0.25) is 38.8 Å². The highest BCUT2D eigenvalue weighted by molar-refractivity contribution is 7.90. The van der Waals surface area contributed by atoms with Crippen LogP contribution in [0, 0.1) is 11.8 Å². The van der Waals surface area contributed by atoms with E-state index in [-0.39, 0.29) is 60.1 Å². The molecule has 2 heterocycles. The van der Waals surface area contributed by atoms with Crippen molar-refractivity contribution in [3.05, 3.63) is 71.8 Å². The highest BCUT2D eigenvalue weighted by Crippen LogP contribution is 2.31. The zero-order valence-corrected chi connectivity index (χ0v) is 39.5. The number of nitrogens with zero attached hydrogens (tertiary/aromatic N) is 4. The van der Waals surface area contributed by atoms with Crippen molar-refractivity contribution in [1.82, 2.24) is 30.2 Å². The SMILES string of the molecule is CS(=O)(=O)CC[C@H](NC(=O)[C@@H]1CCCC[C@H]1N1CCN(Cc2ccccc2)CC1)C(N)=O.CS(=O)(=O)CC[C@H](NC(=O)[C@H]1CCCC[C@@H]1N1CCN(Cc2ccccc2)CC1)C(N)=O. The molecule has 2 aliphatic heterocycles. The number of carbonyl (C=O) groups is 4. The lowest BCUT2D eigenvalue weighted by Crippen LogP contribution is -2.56. The number of rotatable bonds is 18. The number of nitrogens with one attached hydrogen (secondary N) is 2. The van der Waals surface area contributed by atoms with Gasteiger partial charge in [0.2, 0.25) is 23.6 Å². The summed E-state index contributed by atoms with van der Waals surface area (Å²) in [6.45, 7) is 9.34. The van der Waals surface area contributed by atoms with Gasteiger partial charge < -0.3 is 22.1 Å². The van der Waals surface area contributed by atoms with Crippen molar-refractivity contribution in [3.63, 3.8) is 0 Å². The Balaban J connectivity index is 0.000000241. The number of nitrogens with two attached hydrogens (primary N) is 2. The highest BCUT2D eigenvalue weighted by atomic mass is 32.2. The summed E-state index contributed by atoms with van der Waals surface area (Å²) in [6.07, 6.45) is 9.85. The molecule has 2 saturated carbocycles. The van der Waals surface area contributed by atoms with Gasteiger partial charge in [0.15, 0.2) is 0 Å². The number of carbonyl (C=O) groups excluding carboxylic acids is 4. The molecule has 2 aliphatic carbocycles. The predicted octanol–water partition coefficient (Wildman–Crippen LogP) is 1.54. The first-order valence-electron chi connectivity index (χ1n) is 23.0. The molecular weight excluding hydrogens is 857 g/mol. The molecule has 2 aromatic carbocycles. The Labute approximate surface area is 381 Å². The first-order valence-corrected chi connectivity index (χ1v) is 27.1. The van der Waals surface area contributed by atoms with Crippen LogP contribution in [0.3, 0.4) is 0 Å². The van der Waals surface area contributed by atoms with E-state index in [0.717, 1.165) is 129 Å². The van der Waals surface area contributed by atoms with Crippen molar-refractivity contribution in [3.8, 4) is 0 Å². The number of amides is 4. The predicted molar refractivity (Wildman–Crippen MR) is 249 cm³/mol. The average molecular weight is 929 g/mol. The lowest BCUT2D eigenvalue weighted by Gasteiger charge is -2.44. The van der Waals surface area contributed by atoms with Gasteiger partial charge in [0.25, 0.3) is 0 Å². The minimum Gasteiger partial charge on any atom is -0.368 e. The number of sulfone groups is 2. The van der Waals surface area contributed by atoms with Crippen LogP contribution in [0.1, 0.15) is 75.3 Å². The topological polar surface area (TPSA) is 226 Å². The Hall–Kier alpha value is -3.94. The molecule has 356 valence electrons. The maximum Gasteiger partial charge on any atom is 0.240 e. The summed E-state index contributed by atoms with van der Waals surface area (Å²) < 4.78 is 45.9. The number of hydrogen-bond acceptors (Lipinski definition) is 12. The standard InChI is InChI=1S/2C23H36N4O4S/c2*1-32(30,31)16-11-20(22(24)28)25-23(29)19-9-5-6-10-21(19)27-14-12-26(13-15-27)17-18-7-3-2-4-8-18/h2*2-4,7-8,19-21H,5-6,9-17H2,1H3,(H2,24,28)(H,25,29)/t19-,20+,21-;19-,20-,21-/m10/s1. The summed E-state index contributed by atoms with van der Waals surface area (Å²) >= 11 is 0. The van der Waals surface area contributed by atoms with E-state index in [1.807, 2.05) is 12.1 Å². The smallest absolute Gasteiger partial charge is 0.240 e. The van der Waals surface area contributed by atoms with Gasteiger partial charge in [-0.05, 0) is 49.7 Å². The molecule has 4 fully saturated rings. The van der Waals surface area contributed by atoms with Crippen molar-refractivity contribution in [2.24, 2.45) is 23.3 Å². The monoisotopic (exact) mass is 928 g/mol. The molecular formula is C46H72N8O8S2. The van der Waals surface area contributed by atoms with Gasteiger partial charge in [0, 0.05) is 90.0 Å². The first kappa shape index (κ1) is 51.1. The van der Waals surface area contributed by atoms with Gasteiger partial charge in [-0.1, -0.05) is 86.3 Å². The van der Waals surface area contributed by atoms with Crippen LogP contribution in [-0.2, 0) is 51.9 Å². The van der Waals surface area contributed by atoms with E-state index in [9.17, 15) is 36.0 Å². The first-order chi connectivity index (χ1) is 30.5. The molecule has 64 heavy (non-hydrogen) atoms. The van der Waals surface area contributed by atoms with E-state index in [1.54, 1.807) is 0 Å². The summed E-state index contributed by atoms with van der Waals surface area (Å²) in [7, 11) is -6.48. The van der Waals surface area contributed by atoms with Crippen LogP contribution in [0.5, 0.6) is 0 Å². The number of primary amides is 2. The van der Waals surface area contributed by atoms with Crippen molar-refractivity contribution >= 4 is 43.3 Å². The molecule has 0 radical (unpaired) electrons. The van der Waals surface area contributed by atoms with Gasteiger partial charge in [0.05, 0.1) is 23.3 Å². The molecule has 4 aliphatic rings. The van der Waals surface area contributed by atoms with Gasteiger partial charge in [-0.2, -0.15) is 0 Å². The minimum atomic E-state index is -3.24. The average Bonchev–Trinajstić information content (AvgIpc) is 3.27. The lowest BCUT2D eigenvalue weighted by atomic mass is 9.82. The maximum absolute atomic E-state index is 13.1. The van der Waals surface area contributed by atoms with E-state index in [1.165, 1.54) is 11.1 Å². The number of benzene rings is 2. The summed E-state index contributed by atoms with van der Waals surface area (Å²) in [6, 6.07) is 19.3. The molecule has 0 spiro atoms. The van der Waals surface area contributed by atoms with Crippen LogP contribution >= 0.6 is 0 Å². The lowest BCUT2D eigenvalue weighted by molar-refractivity contribution is -0.133. The van der Waals surface area contributed by atoms with Crippen LogP contribution in [0.2, 0.25) is 0 Å². The fourth-order valence-corrected chi connectivity index (χ4v) is 11.0. The normalized spacial score (nSPS) is 24.0. The van der Waals surface area contributed by atoms with Gasteiger partial charge in [0.1, 0.15) is 31.8 Å². The Morgan fingerprint density at radius 2 is 0.875 bits per heavy atom. The van der Waals surface area contributed by atoms with Crippen molar-refractivity contribution in [2.45, 2.75) is 101 Å². The van der Waals surface area contributed by atoms with Gasteiger partial charge >= 0.3 is 0 Å². The molecule has 6 atom stereocenters. The minimum absolute atomic E-state index is 0.00938. The molecule has 18 heteroatoms. The molecule has 0 aromatic heterocycles. The zero-order valence-electron chi connectivity index (χ0n) is 37.8. The Morgan fingerprint density at radius 1 is 0.547 bits per heavy atom. The van der Waals surface area contributed by atoms with E-state index in [0.29, 0.717) is 0 Å². The van der Waals surface area contributed by atoms with Crippen LogP contribution in [0.4, 0.5) is 0 Å². The highest BCUT2D eigenvalue weighted by Gasteiger charge is 2.39. The Kier molecular flexibility index (Phi) is 19.6. The second-order valence-electron chi connectivity index (χ2n) is 18.3. The molecule has 2 aromatic rings. The molecule has 0 unspecified atom stereocenters. The van der Waals surface area contributed by atoms with E-state index in [4.69, 9.17) is 11.5 Å². The molecule has 16 nitrogen and oxygen atoms in total. The van der Waals surface area contributed by atoms with E-state index >= 15 is 0 Å². The van der Waals surface area contributed by atoms with E-state index < -0.39 is 43.6 Å². The van der Waals surface area contributed by atoms with E-state index in [2.05, 4.69) is 78.8 Å². The van der Waals surface area contributed by atoms with Crippen molar-refractivity contribution in [2.75, 3.05) is 76.4 Å². The molecule has 2 saturated heterocycles. The summed E-state index contributed by atoms with van der Waals surface area (Å²) in [5.41, 5.74) is 13.5. The third-order valence-electron chi connectivity index (χ3n) is 13.3. The summed E-state index contributed by atoms with van der Waals surface area (Å²) in [5, 5.41) is 5.51. The number of piperazine rings is 2. The van der Waals surface area contributed by atoms with Crippen molar-refractivity contribution < 1.29 is 36.0 Å². The quantitative estimate of drug-likeness (QED) is 0.167. The fraction of sp³-hybridized carbons (Fsp3) is 0.652. The number of hydrogen-bond donors (Lipinski definition) is 4. The summed E-state index contributed by atoms with van der Waals surface area (Å²) in [5.74, 6) is -2.52. The molecule has 6 N–H and O–H groups in total. The summed E-state index contributed by atoms with van der Waals surface area (Å²) in [4.78, 5) is 59.5. The third kappa shape index (κ3) is 16.8.